The number of benzene rings is 2. The third-order valence-corrected chi connectivity index (χ3v) is 5.74. The van der Waals surface area contributed by atoms with Gasteiger partial charge in [0.05, 0.1) is 0 Å². The highest BCUT2D eigenvalue weighted by molar-refractivity contribution is 9.10. The Morgan fingerprint density at radius 2 is 1.96 bits per heavy atom. The van der Waals surface area contributed by atoms with Crippen molar-refractivity contribution in [3.63, 3.8) is 0 Å². The number of nitrogens with zero attached hydrogens (tertiary/aromatic N) is 2. The van der Waals surface area contributed by atoms with Gasteiger partial charge in [-0.2, -0.15) is 0 Å². The van der Waals surface area contributed by atoms with E-state index in [0.29, 0.717) is 6.04 Å². The Labute approximate surface area is 152 Å². The fraction of sp³-hybridized carbons (Fsp3) is 0.333. The van der Waals surface area contributed by atoms with Gasteiger partial charge in [-0.15, -0.1) is 0 Å². The lowest BCUT2D eigenvalue weighted by atomic mass is 10.0. The molecule has 0 amide bonds. The number of rotatable bonds is 4. The SMILES string of the molecule is CN1CCCC1Cc1cn(Cc2ccccc2)c2ccc(Br)cc12. The molecule has 1 fully saturated rings. The summed E-state index contributed by atoms with van der Waals surface area (Å²) in [6.07, 6.45) is 6.16. The highest BCUT2D eigenvalue weighted by atomic mass is 79.9. The summed E-state index contributed by atoms with van der Waals surface area (Å²) < 4.78 is 3.56. The van der Waals surface area contributed by atoms with E-state index in [1.54, 1.807) is 0 Å². The van der Waals surface area contributed by atoms with E-state index in [0.717, 1.165) is 17.4 Å². The lowest BCUT2D eigenvalue weighted by Gasteiger charge is -2.18. The molecule has 1 unspecified atom stereocenters. The number of hydrogen-bond donors (Lipinski definition) is 0. The zero-order valence-corrected chi connectivity index (χ0v) is 15.7. The van der Waals surface area contributed by atoms with Crippen LogP contribution < -0.4 is 0 Å². The van der Waals surface area contributed by atoms with Gasteiger partial charge in [-0.25, -0.2) is 0 Å². The Bertz CT molecular complexity index is 838. The molecular formula is C21H23BrN2. The summed E-state index contributed by atoms with van der Waals surface area (Å²) in [6, 6.07) is 18.1. The van der Waals surface area contributed by atoms with Crippen molar-refractivity contribution in [2.45, 2.75) is 31.8 Å². The van der Waals surface area contributed by atoms with E-state index in [-0.39, 0.29) is 0 Å². The van der Waals surface area contributed by atoms with Crippen LogP contribution in [0.1, 0.15) is 24.0 Å². The van der Waals surface area contributed by atoms with E-state index in [1.807, 2.05) is 0 Å². The van der Waals surface area contributed by atoms with E-state index in [9.17, 15) is 0 Å². The van der Waals surface area contributed by atoms with Gasteiger partial charge in [-0.05, 0) is 62.2 Å². The summed E-state index contributed by atoms with van der Waals surface area (Å²) in [5.74, 6) is 0. The van der Waals surface area contributed by atoms with E-state index in [4.69, 9.17) is 0 Å². The Hall–Kier alpha value is -1.58. The first-order chi connectivity index (χ1) is 11.7. The van der Waals surface area contributed by atoms with Crippen LogP contribution in [0.5, 0.6) is 0 Å². The van der Waals surface area contributed by atoms with Crippen LogP contribution in [0.4, 0.5) is 0 Å². The van der Waals surface area contributed by atoms with Crippen molar-refractivity contribution < 1.29 is 0 Å². The lowest BCUT2D eigenvalue weighted by Crippen LogP contribution is -2.26. The van der Waals surface area contributed by atoms with E-state index in [1.165, 1.54) is 41.4 Å². The summed E-state index contributed by atoms with van der Waals surface area (Å²) in [6.45, 7) is 2.16. The van der Waals surface area contributed by atoms with E-state index >= 15 is 0 Å². The number of likely N-dealkylation sites (N-methyl/N-ethyl adjacent to an activating group) is 1. The van der Waals surface area contributed by atoms with Crippen molar-refractivity contribution in [1.82, 2.24) is 9.47 Å². The molecule has 3 heteroatoms. The van der Waals surface area contributed by atoms with Crippen molar-refractivity contribution in [3.8, 4) is 0 Å². The monoisotopic (exact) mass is 382 g/mol. The highest BCUT2D eigenvalue weighted by Gasteiger charge is 2.22. The molecule has 124 valence electrons. The Morgan fingerprint density at radius 3 is 2.71 bits per heavy atom. The molecule has 0 bridgehead atoms. The molecule has 2 heterocycles. The number of hydrogen-bond acceptors (Lipinski definition) is 1. The smallest absolute Gasteiger partial charge is 0.0487 e. The van der Waals surface area contributed by atoms with Crippen molar-refractivity contribution >= 4 is 26.8 Å². The van der Waals surface area contributed by atoms with Crippen LogP contribution in [0.25, 0.3) is 10.9 Å². The predicted molar refractivity (Wildman–Crippen MR) is 105 cm³/mol. The summed E-state index contributed by atoms with van der Waals surface area (Å²) in [4.78, 5) is 2.51. The molecule has 2 nitrogen and oxygen atoms in total. The molecule has 1 saturated heterocycles. The summed E-state index contributed by atoms with van der Waals surface area (Å²) in [7, 11) is 2.26. The number of likely N-dealkylation sites (tertiary alicyclic amines) is 1. The molecule has 1 aromatic heterocycles. The minimum absolute atomic E-state index is 0.680. The number of fused-ring (bicyclic) bond motifs is 1. The molecule has 4 rings (SSSR count). The molecule has 1 atom stereocenters. The predicted octanol–water partition coefficient (Wildman–Crippen LogP) is 5.09. The first-order valence-corrected chi connectivity index (χ1v) is 9.51. The van der Waals surface area contributed by atoms with Gasteiger partial charge in [-0.1, -0.05) is 46.3 Å². The summed E-state index contributed by atoms with van der Waals surface area (Å²) in [5.41, 5.74) is 4.15. The molecule has 1 aliphatic heterocycles. The minimum atomic E-state index is 0.680. The van der Waals surface area contributed by atoms with Crippen LogP contribution in [-0.4, -0.2) is 29.1 Å². The summed E-state index contributed by atoms with van der Waals surface area (Å²) in [5, 5.41) is 1.39. The largest absolute Gasteiger partial charge is 0.343 e. The molecule has 0 N–H and O–H groups in total. The molecule has 2 aromatic carbocycles. The molecular weight excluding hydrogens is 360 g/mol. The lowest BCUT2D eigenvalue weighted by molar-refractivity contribution is 0.309. The number of halogens is 1. The maximum absolute atomic E-state index is 3.65. The van der Waals surface area contributed by atoms with Crippen molar-refractivity contribution in [1.29, 1.82) is 0 Å². The third-order valence-electron chi connectivity index (χ3n) is 5.25. The third kappa shape index (κ3) is 3.15. The maximum atomic E-state index is 3.65. The van der Waals surface area contributed by atoms with Crippen LogP contribution in [0.2, 0.25) is 0 Å². The van der Waals surface area contributed by atoms with Crippen molar-refractivity contribution in [2.75, 3.05) is 13.6 Å². The van der Waals surface area contributed by atoms with Crippen LogP contribution in [0.15, 0.2) is 59.2 Å². The Balaban J connectivity index is 1.72. The molecule has 3 aromatic rings. The van der Waals surface area contributed by atoms with Gasteiger partial charge in [0, 0.05) is 34.2 Å². The second-order valence-electron chi connectivity index (χ2n) is 6.91. The fourth-order valence-corrected chi connectivity index (χ4v) is 4.27. The van der Waals surface area contributed by atoms with Gasteiger partial charge in [-0.3, -0.25) is 0 Å². The first-order valence-electron chi connectivity index (χ1n) is 8.72. The standard InChI is InChI=1S/C21H23BrN2/c1-23-11-5-8-19(23)12-17-15-24(14-16-6-3-2-4-7-16)21-10-9-18(22)13-20(17)21/h2-4,6-7,9-10,13,15,19H,5,8,11-12,14H2,1H3. The normalized spacial score (nSPS) is 18.5. The van der Waals surface area contributed by atoms with Gasteiger partial charge in [0.15, 0.2) is 0 Å². The van der Waals surface area contributed by atoms with Gasteiger partial charge in [0.1, 0.15) is 0 Å². The van der Waals surface area contributed by atoms with Gasteiger partial charge in [0.2, 0.25) is 0 Å². The molecule has 0 spiro atoms. The van der Waals surface area contributed by atoms with Gasteiger partial charge < -0.3 is 9.47 Å². The van der Waals surface area contributed by atoms with Gasteiger partial charge >= 0.3 is 0 Å². The highest BCUT2D eigenvalue weighted by Crippen LogP contribution is 2.29. The quantitative estimate of drug-likeness (QED) is 0.609. The maximum Gasteiger partial charge on any atom is 0.0487 e. The second kappa shape index (κ2) is 6.73. The average Bonchev–Trinajstić information content (AvgIpc) is 3.13. The van der Waals surface area contributed by atoms with E-state index < -0.39 is 0 Å². The van der Waals surface area contributed by atoms with Crippen LogP contribution in [0, 0.1) is 0 Å². The first kappa shape index (κ1) is 15.9. The van der Waals surface area contributed by atoms with Crippen LogP contribution in [0.3, 0.4) is 0 Å². The second-order valence-corrected chi connectivity index (χ2v) is 7.83. The summed E-state index contributed by atoms with van der Waals surface area (Å²) >= 11 is 3.65. The zero-order chi connectivity index (χ0) is 16.5. The van der Waals surface area contributed by atoms with Gasteiger partial charge in [0.25, 0.3) is 0 Å². The van der Waals surface area contributed by atoms with E-state index in [2.05, 4.69) is 87.2 Å². The van der Waals surface area contributed by atoms with Crippen LogP contribution >= 0.6 is 15.9 Å². The molecule has 0 saturated carbocycles. The molecule has 24 heavy (non-hydrogen) atoms. The topological polar surface area (TPSA) is 8.17 Å². The minimum Gasteiger partial charge on any atom is -0.343 e. The van der Waals surface area contributed by atoms with Crippen molar-refractivity contribution in [2.24, 2.45) is 0 Å². The van der Waals surface area contributed by atoms with Crippen LogP contribution in [-0.2, 0) is 13.0 Å². The molecule has 1 aliphatic rings. The molecule has 0 aliphatic carbocycles. The Morgan fingerprint density at radius 1 is 1.12 bits per heavy atom. The fourth-order valence-electron chi connectivity index (χ4n) is 3.91. The number of aromatic nitrogens is 1. The molecule has 0 radical (unpaired) electrons. The average molecular weight is 383 g/mol. The van der Waals surface area contributed by atoms with Crippen molar-refractivity contribution in [3.05, 3.63) is 70.3 Å². The zero-order valence-electron chi connectivity index (χ0n) is 14.1. The Kier molecular flexibility index (Phi) is 4.47.